The number of ether oxygens (including phenoxy) is 1. The van der Waals surface area contributed by atoms with E-state index < -0.39 is 11.9 Å². The number of halogens is 1. The number of aromatic nitrogens is 1. The zero-order valence-corrected chi connectivity index (χ0v) is 20.9. The third-order valence-corrected chi connectivity index (χ3v) is 5.83. The van der Waals surface area contributed by atoms with E-state index in [1.54, 1.807) is 37.4 Å². The molecule has 0 aliphatic heterocycles. The molecule has 2 aromatic carbocycles. The summed E-state index contributed by atoms with van der Waals surface area (Å²) in [6, 6.07) is 13.3. The minimum Gasteiger partial charge on any atom is -0.465 e. The van der Waals surface area contributed by atoms with Gasteiger partial charge in [0.15, 0.2) is 0 Å². The minimum atomic E-state index is -0.790. The molecule has 0 saturated carbocycles. The Labute approximate surface area is 209 Å². The van der Waals surface area contributed by atoms with Crippen LogP contribution in [0, 0.1) is 12.8 Å². The number of benzene rings is 2. The second kappa shape index (κ2) is 11.7. The molecule has 0 radical (unpaired) electrons. The zero-order valence-electron chi connectivity index (χ0n) is 20.2. The predicted molar refractivity (Wildman–Crippen MR) is 137 cm³/mol. The number of hydrogen-bond acceptors (Lipinski definition) is 5. The van der Waals surface area contributed by atoms with Crippen LogP contribution in [0.25, 0.3) is 10.9 Å². The molecule has 0 bridgehead atoms. The van der Waals surface area contributed by atoms with E-state index in [0.717, 1.165) is 22.2 Å². The standard InChI is InChI=1S/C26H29ClN4O4/c1-5-35-23(32)15-31-17(4)21(20-8-6-7-9-22(20)31)14-28-30-26(34)24(16(2)3)29-25(33)18-10-12-19(27)13-11-18/h6-14,16,24H,5,15H2,1-4H3,(H,29,33)(H,30,34). The first-order chi connectivity index (χ1) is 16.7. The fraction of sp³-hybridized carbons (Fsp3) is 0.308. The molecule has 2 amide bonds. The Kier molecular flexibility index (Phi) is 8.65. The highest BCUT2D eigenvalue weighted by atomic mass is 35.5. The Morgan fingerprint density at radius 1 is 1.11 bits per heavy atom. The molecule has 0 aliphatic rings. The van der Waals surface area contributed by atoms with Gasteiger partial charge in [-0.05, 0) is 50.1 Å². The zero-order chi connectivity index (χ0) is 25.5. The Balaban J connectivity index is 1.77. The van der Waals surface area contributed by atoms with Gasteiger partial charge in [-0.1, -0.05) is 43.6 Å². The molecular weight excluding hydrogens is 468 g/mol. The second-order valence-corrected chi connectivity index (χ2v) is 8.78. The van der Waals surface area contributed by atoms with Crippen molar-refractivity contribution in [2.75, 3.05) is 6.61 Å². The van der Waals surface area contributed by atoms with Gasteiger partial charge >= 0.3 is 5.97 Å². The van der Waals surface area contributed by atoms with Gasteiger partial charge in [0.05, 0.1) is 12.8 Å². The van der Waals surface area contributed by atoms with Gasteiger partial charge in [0.2, 0.25) is 0 Å². The average molecular weight is 497 g/mol. The number of carbonyl (C=O) groups excluding carboxylic acids is 3. The van der Waals surface area contributed by atoms with Crippen molar-refractivity contribution >= 4 is 46.5 Å². The number of nitrogens with one attached hydrogen (secondary N) is 2. The number of hydrazone groups is 1. The SMILES string of the molecule is CCOC(=O)Cn1c(C)c(C=NNC(=O)C(NC(=O)c2ccc(Cl)cc2)C(C)C)c2ccccc21. The molecule has 1 heterocycles. The number of amides is 2. The molecule has 184 valence electrons. The highest BCUT2D eigenvalue weighted by molar-refractivity contribution is 6.30. The molecule has 1 unspecified atom stereocenters. The number of carbonyl (C=O) groups is 3. The first-order valence-electron chi connectivity index (χ1n) is 11.4. The maximum atomic E-state index is 12.8. The van der Waals surface area contributed by atoms with Crippen LogP contribution in [0.3, 0.4) is 0 Å². The highest BCUT2D eigenvalue weighted by Gasteiger charge is 2.24. The number of rotatable bonds is 9. The summed E-state index contributed by atoms with van der Waals surface area (Å²) in [5.74, 6) is -1.32. The lowest BCUT2D eigenvalue weighted by atomic mass is 10.0. The highest BCUT2D eigenvalue weighted by Crippen LogP contribution is 2.24. The molecule has 1 aromatic heterocycles. The molecule has 8 nitrogen and oxygen atoms in total. The van der Waals surface area contributed by atoms with Crippen molar-refractivity contribution in [3.8, 4) is 0 Å². The molecule has 0 fully saturated rings. The van der Waals surface area contributed by atoms with E-state index >= 15 is 0 Å². The Hall–Kier alpha value is -3.65. The monoisotopic (exact) mass is 496 g/mol. The molecule has 9 heteroatoms. The lowest BCUT2D eigenvalue weighted by Gasteiger charge is -2.20. The largest absolute Gasteiger partial charge is 0.465 e. The van der Waals surface area contributed by atoms with Gasteiger partial charge in [0, 0.05) is 32.7 Å². The number of nitrogens with zero attached hydrogens (tertiary/aromatic N) is 2. The molecular formula is C26H29ClN4O4. The van der Waals surface area contributed by atoms with Crippen LogP contribution in [0.1, 0.15) is 42.4 Å². The van der Waals surface area contributed by atoms with Crippen LogP contribution in [-0.2, 0) is 20.9 Å². The van der Waals surface area contributed by atoms with E-state index in [0.29, 0.717) is 17.2 Å². The van der Waals surface area contributed by atoms with Crippen LogP contribution < -0.4 is 10.7 Å². The van der Waals surface area contributed by atoms with E-state index in [9.17, 15) is 14.4 Å². The summed E-state index contributed by atoms with van der Waals surface area (Å²) in [4.78, 5) is 37.5. The van der Waals surface area contributed by atoms with Crippen molar-refractivity contribution in [3.63, 3.8) is 0 Å². The lowest BCUT2D eigenvalue weighted by molar-refractivity contribution is -0.143. The van der Waals surface area contributed by atoms with Gasteiger partial charge in [-0.15, -0.1) is 0 Å². The smallest absolute Gasteiger partial charge is 0.325 e. The molecule has 0 saturated heterocycles. The molecule has 3 rings (SSSR count). The predicted octanol–water partition coefficient (Wildman–Crippen LogP) is 4.07. The molecule has 3 aromatic rings. The summed E-state index contributed by atoms with van der Waals surface area (Å²) in [6.45, 7) is 7.70. The van der Waals surface area contributed by atoms with Crippen LogP contribution in [-0.4, -0.2) is 41.2 Å². The van der Waals surface area contributed by atoms with Crippen LogP contribution in [0.4, 0.5) is 0 Å². The number of esters is 1. The summed E-state index contributed by atoms with van der Waals surface area (Å²) in [5.41, 5.74) is 5.39. The van der Waals surface area contributed by atoms with Crippen LogP contribution in [0.15, 0.2) is 53.6 Å². The van der Waals surface area contributed by atoms with Crippen molar-refractivity contribution in [3.05, 3.63) is 70.4 Å². The van der Waals surface area contributed by atoms with Crippen molar-refractivity contribution in [2.45, 2.75) is 40.3 Å². The normalized spacial score (nSPS) is 12.2. The van der Waals surface area contributed by atoms with E-state index in [-0.39, 0.29) is 24.3 Å². The third kappa shape index (κ3) is 6.27. The molecule has 0 aliphatic carbocycles. The maximum Gasteiger partial charge on any atom is 0.325 e. The fourth-order valence-electron chi connectivity index (χ4n) is 3.75. The van der Waals surface area contributed by atoms with Crippen molar-refractivity contribution in [1.82, 2.24) is 15.3 Å². The summed E-state index contributed by atoms with van der Waals surface area (Å²) >= 11 is 5.88. The van der Waals surface area contributed by atoms with Gasteiger partial charge in [-0.25, -0.2) is 5.43 Å². The average Bonchev–Trinajstić information content (AvgIpc) is 3.08. The van der Waals surface area contributed by atoms with E-state index in [2.05, 4.69) is 15.8 Å². The van der Waals surface area contributed by atoms with Crippen molar-refractivity contribution < 1.29 is 19.1 Å². The number of hydrogen-bond donors (Lipinski definition) is 2. The van der Waals surface area contributed by atoms with E-state index in [1.807, 2.05) is 49.6 Å². The lowest BCUT2D eigenvalue weighted by Crippen LogP contribution is -2.48. The summed E-state index contributed by atoms with van der Waals surface area (Å²) < 4.78 is 6.96. The number of fused-ring (bicyclic) bond motifs is 1. The second-order valence-electron chi connectivity index (χ2n) is 8.34. The first-order valence-corrected chi connectivity index (χ1v) is 11.7. The summed E-state index contributed by atoms with van der Waals surface area (Å²) in [5, 5.41) is 8.32. The third-order valence-electron chi connectivity index (χ3n) is 5.58. The fourth-order valence-corrected chi connectivity index (χ4v) is 3.88. The maximum absolute atomic E-state index is 12.8. The van der Waals surface area contributed by atoms with Crippen LogP contribution in [0.5, 0.6) is 0 Å². The van der Waals surface area contributed by atoms with E-state index in [1.165, 1.54) is 0 Å². The van der Waals surface area contributed by atoms with Gasteiger partial charge in [-0.3, -0.25) is 14.4 Å². The van der Waals surface area contributed by atoms with Gasteiger partial charge in [0.25, 0.3) is 11.8 Å². The number of para-hydroxylation sites is 1. The van der Waals surface area contributed by atoms with Crippen molar-refractivity contribution in [2.24, 2.45) is 11.0 Å². The summed E-state index contributed by atoms with van der Waals surface area (Å²) in [6.07, 6.45) is 1.55. The Morgan fingerprint density at radius 3 is 2.46 bits per heavy atom. The molecule has 2 N–H and O–H groups in total. The van der Waals surface area contributed by atoms with Gasteiger partial charge in [0.1, 0.15) is 12.6 Å². The Bertz CT molecular complexity index is 1250. The van der Waals surface area contributed by atoms with Gasteiger partial charge < -0.3 is 14.6 Å². The van der Waals surface area contributed by atoms with Crippen LogP contribution >= 0.6 is 11.6 Å². The summed E-state index contributed by atoms with van der Waals surface area (Å²) in [7, 11) is 0. The minimum absolute atomic E-state index is 0.0759. The Morgan fingerprint density at radius 2 is 1.80 bits per heavy atom. The van der Waals surface area contributed by atoms with E-state index in [4.69, 9.17) is 16.3 Å². The topological polar surface area (TPSA) is 102 Å². The quantitative estimate of drug-likeness (QED) is 0.265. The van der Waals surface area contributed by atoms with Crippen molar-refractivity contribution in [1.29, 1.82) is 0 Å². The van der Waals surface area contributed by atoms with Gasteiger partial charge in [-0.2, -0.15) is 5.10 Å². The van der Waals surface area contributed by atoms with Crippen LogP contribution in [0.2, 0.25) is 5.02 Å². The first kappa shape index (κ1) is 26.0. The molecule has 0 spiro atoms. The molecule has 35 heavy (non-hydrogen) atoms. The molecule has 1 atom stereocenters.